The van der Waals surface area contributed by atoms with Gasteiger partial charge in [0.1, 0.15) is 18.7 Å². The summed E-state index contributed by atoms with van der Waals surface area (Å²) < 4.78 is 1.29. The average molecular weight is 336 g/mol. The number of carbonyl (C=O) groups excluding carboxylic acids is 2. The number of likely N-dealkylation sites (N-methyl/N-ethyl adjacent to an activating group) is 1. The maximum Gasteiger partial charge on any atom is 0.243 e. The lowest BCUT2D eigenvalue weighted by Crippen LogP contribution is -2.37. The Bertz CT molecular complexity index is 870. The van der Waals surface area contributed by atoms with E-state index in [-0.39, 0.29) is 36.3 Å². The summed E-state index contributed by atoms with van der Waals surface area (Å²) in [7, 11) is 1.49. The third-order valence-electron chi connectivity index (χ3n) is 3.50. The fourth-order valence-electron chi connectivity index (χ4n) is 2.11. The Morgan fingerprint density at radius 1 is 1.24 bits per heavy atom. The number of anilines is 1. The number of amides is 2. The Morgan fingerprint density at radius 2 is 1.92 bits per heavy atom. The Labute approximate surface area is 144 Å². The van der Waals surface area contributed by atoms with Crippen LogP contribution in [0.5, 0.6) is 0 Å². The molecule has 25 heavy (non-hydrogen) atoms. The predicted molar refractivity (Wildman–Crippen MR) is 89.1 cm³/mol. The van der Waals surface area contributed by atoms with Crippen LogP contribution in [-0.4, -0.2) is 39.9 Å². The van der Waals surface area contributed by atoms with Gasteiger partial charge in [-0.1, -0.05) is 17.7 Å². The molecule has 1 N–H and O–H groups in total. The van der Waals surface area contributed by atoms with Crippen molar-refractivity contribution in [2.45, 2.75) is 13.5 Å². The smallest absolute Gasteiger partial charge is 0.243 e. The highest BCUT2D eigenvalue weighted by Gasteiger charge is 2.17. The van der Waals surface area contributed by atoms with Gasteiger partial charge in [-0.15, -0.1) is 0 Å². The SMILES string of the molecule is Cc1ccc(NC(=O)CN(C)C(=O)Cn2cnc(C#N)c2C#N)cc1. The largest absolute Gasteiger partial charge is 0.335 e. The molecule has 0 bridgehead atoms. The number of rotatable bonds is 5. The van der Waals surface area contributed by atoms with Crippen LogP contribution in [0.25, 0.3) is 0 Å². The van der Waals surface area contributed by atoms with E-state index >= 15 is 0 Å². The minimum atomic E-state index is -0.377. The van der Waals surface area contributed by atoms with Crippen molar-refractivity contribution in [1.82, 2.24) is 14.5 Å². The molecule has 2 rings (SSSR count). The van der Waals surface area contributed by atoms with Crippen LogP contribution in [0.2, 0.25) is 0 Å². The van der Waals surface area contributed by atoms with Gasteiger partial charge in [-0.2, -0.15) is 10.5 Å². The van der Waals surface area contributed by atoms with Crippen LogP contribution < -0.4 is 5.32 Å². The normalized spacial score (nSPS) is 9.76. The van der Waals surface area contributed by atoms with Gasteiger partial charge in [0.2, 0.25) is 11.8 Å². The molecule has 2 aromatic rings. The van der Waals surface area contributed by atoms with Crippen LogP contribution >= 0.6 is 0 Å². The van der Waals surface area contributed by atoms with Gasteiger partial charge in [-0.25, -0.2) is 4.98 Å². The first kappa shape index (κ1) is 17.7. The lowest BCUT2D eigenvalue weighted by molar-refractivity contribution is -0.133. The topological polar surface area (TPSA) is 115 Å². The van der Waals surface area contributed by atoms with Crippen molar-refractivity contribution in [3.8, 4) is 12.1 Å². The van der Waals surface area contributed by atoms with Gasteiger partial charge in [0, 0.05) is 12.7 Å². The minimum absolute atomic E-state index is 0.0216. The Balaban J connectivity index is 1.95. The minimum Gasteiger partial charge on any atom is -0.335 e. The summed E-state index contributed by atoms with van der Waals surface area (Å²) in [6, 6.07) is 10.9. The first-order valence-corrected chi connectivity index (χ1v) is 7.40. The Kier molecular flexibility index (Phi) is 5.49. The number of hydrogen-bond donors (Lipinski definition) is 1. The van der Waals surface area contributed by atoms with E-state index in [4.69, 9.17) is 10.5 Å². The molecule has 0 saturated carbocycles. The van der Waals surface area contributed by atoms with Crippen LogP contribution in [0.15, 0.2) is 30.6 Å². The van der Waals surface area contributed by atoms with E-state index in [1.54, 1.807) is 18.2 Å². The molecule has 0 aliphatic carbocycles. The summed E-state index contributed by atoms with van der Waals surface area (Å²) in [6.45, 7) is 1.64. The van der Waals surface area contributed by atoms with Crippen molar-refractivity contribution in [1.29, 1.82) is 10.5 Å². The maximum absolute atomic E-state index is 12.2. The molecule has 1 aromatic carbocycles. The molecule has 0 aliphatic heterocycles. The van der Waals surface area contributed by atoms with E-state index in [1.807, 2.05) is 25.1 Å². The van der Waals surface area contributed by atoms with Gasteiger partial charge in [-0.05, 0) is 19.1 Å². The Morgan fingerprint density at radius 3 is 2.52 bits per heavy atom. The molecule has 2 amide bonds. The molecular formula is C17H16N6O2. The van der Waals surface area contributed by atoms with E-state index in [0.717, 1.165) is 5.56 Å². The highest BCUT2D eigenvalue weighted by atomic mass is 16.2. The number of benzene rings is 1. The Hall–Kier alpha value is -3.65. The second kappa shape index (κ2) is 7.75. The summed E-state index contributed by atoms with van der Waals surface area (Å²) in [5.41, 5.74) is 1.72. The number of nitriles is 2. The van der Waals surface area contributed by atoms with Crippen molar-refractivity contribution in [2.24, 2.45) is 0 Å². The second-order valence-corrected chi connectivity index (χ2v) is 5.46. The van der Waals surface area contributed by atoms with Gasteiger partial charge < -0.3 is 14.8 Å². The van der Waals surface area contributed by atoms with Crippen LogP contribution in [0.3, 0.4) is 0 Å². The number of aryl methyl sites for hydroxylation is 1. The molecule has 0 fully saturated rings. The number of imidazole rings is 1. The summed E-state index contributed by atoms with van der Waals surface area (Å²) >= 11 is 0. The van der Waals surface area contributed by atoms with Gasteiger partial charge in [-0.3, -0.25) is 9.59 Å². The van der Waals surface area contributed by atoms with Crippen LogP contribution in [0.1, 0.15) is 17.0 Å². The number of carbonyl (C=O) groups is 2. The van der Waals surface area contributed by atoms with Crippen LogP contribution in [0, 0.1) is 29.6 Å². The molecule has 0 unspecified atom stereocenters. The lowest BCUT2D eigenvalue weighted by atomic mass is 10.2. The molecule has 126 valence electrons. The molecule has 1 heterocycles. The quantitative estimate of drug-likeness (QED) is 0.875. The van der Waals surface area contributed by atoms with E-state index in [2.05, 4.69) is 10.3 Å². The molecule has 0 aliphatic rings. The monoisotopic (exact) mass is 336 g/mol. The first-order chi connectivity index (χ1) is 11.9. The first-order valence-electron chi connectivity index (χ1n) is 7.40. The van der Waals surface area contributed by atoms with Crippen molar-refractivity contribution in [3.05, 3.63) is 47.5 Å². The molecule has 0 spiro atoms. The lowest BCUT2D eigenvalue weighted by Gasteiger charge is -2.17. The molecule has 1 aromatic heterocycles. The summed E-state index contributed by atoms with van der Waals surface area (Å²) in [6.07, 6.45) is 1.26. The van der Waals surface area contributed by atoms with Crippen molar-refractivity contribution < 1.29 is 9.59 Å². The number of nitrogens with one attached hydrogen (secondary N) is 1. The molecule has 0 atom stereocenters. The van der Waals surface area contributed by atoms with Crippen LogP contribution in [-0.2, 0) is 16.1 Å². The van der Waals surface area contributed by atoms with E-state index in [1.165, 1.54) is 22.8 Å². The van der Waals surface area contributed by atoms with E-state index in [9.17, 15) is 9.59 Å². The summed E-state index contributed by atoms with van der Waals surface area (Å²) in [5, 5.41) is 20.6. The number of nitrogens with zero attached hydrogens (tertiary/aromatic N) is 5. The van der Waals surface area contributed by atoms with E-state index in [0.29, 0.717) is 5.69 Å². The predicted octanol–water partition coefficient (Wildman–Crippen LogP) is 1.03. The summed E-state index contributed by atoms with van der Waals surface area (Å²) in [4.78, 5) is 29.3. The van der Waals surface area contributed by atoms with Crippen molar-refractivity contribution >= 4 is 17.5 Å². The average Bonchev–Trinajstić information content (AvgIpc) is 2.98. The second-order valence-electron chi connectivity index (χ2n) is 5.46. The third kappa shape index (κ3) is 4.43. The van der Waals surface area contributed by atoms with Crippen LogP contribution in [0.4, 0.5) is 5.69 Å². The molecule has 0 radical (unpaired) electrons. The third-order valence-corrected chi connectivity index (χ3v) is 3.50. The standard InChI is InChI=1S/C17H16N6O2/c1-12-3-5-13(6-4-12)21-16(24)9-22(2)17(25)10-23-11-20-14(7-18)15(23)8-19/h3-6,11H,9-10H2,1-2H3,(H,21,24). The van der Waals surface area contributed by atoms with Gasteiger partial charge in [0.05, 0.1) is 12.9 Å². The zero-order valence-electron chi connectivity index (χ0n) is 13.9. The fourth-order valence-corrected chi connectivity index (χ4v) is 2.11. The molecular weight excluding hydrogens is 320 g/mol. The highest BCUT2D eigenvalue weighted by Crippen LogP contribution is 2.09. The fraction of sp³-hybridized carbons (Fsp3) is 0.235. The zero-order valence-corrected chi connectivity index (χ0v) is 13.9. The van der Waals surface area contributed by atoms with E-state index < -0.39 is 0 Å². The number of hydrogen-bond acceptors (Lipinski definition) is 5. The zero-order chi connectivity index (χ0) is 18.4. The molecule has 0 saturated heterocycles. The summed E-state index contributed by atoms with van der Waals surface area (Å²) in [5.74, 6) is -0.707. The van der Waals surface area contributed by atoms with Gasteiger partial charge >= 0.3 is 0 Å². The molecule has 8 nitrogen and oxygen atoms in total. The van der Waals surface area contributed by atoms with Gasteiger partial charge in [0.15, 0.2) is 11.4 Å². The van der Waals surface area contributed by atoms with Crippen molar-refractivity contribution in [3.63, 3.8) is 0 Å². The van der Waals surface area contributed by atoms with Gasteiger partial charge in [0.25, 0.3) is 0 Å². The van der Waals surface area contributed by atoms with Crippen molar-refractivity contribution in [2.75, 3.05) is 18.9 Å². The maximum atomic E-state index is 12.2. The number of aromatic nitrogens is 2. The molecule has 8 heteroatoms. The highest BCUT2D eigenvalue weighted by molar-refractivity contribution is 5.94.